The van der Waals surface area contributed by atoms with Crippen molar-refractivity contribution in [3.8, 4) is 0 Å². The fourth-order valence-electron chi connectivity index (χ4n) is 1.64. The molecule has 0 aliphatic heterocycles. The minimum absolute atomic E-state index is 0.0505. The molecule has 2 aromatic heterocycles. The van der Waals surface area contributed by atoms with E-state index < -0.39 is 5.97 Å². The molecule has 0 fully saturated rings. The second kappa shape index (κ2) is 4.92. The number of nitrogens with zero attached hydrogens (tertiary/aromatic N) is 6. The number of hydrogen-bond donors (Lipinski definition) is 2. The molecule has 2 rings (SSSR count). The number of aromatic nitrogens is 6. The van der Waals surface area contributed by atoms with Crippen molar-refractivity contribution in [2.24, 2.45) is 5.73 Å². The van der Waals surface area contributed by atoms with Gasteiger partial charge >= 0.3 is 5.97 Å². The maximum absolute atomic E-state index is 10.9. The van der Waals surface area contributed by atoms with Gasteiger partial charge in [0.1, 0.15) is 18.7 Å². The zero-order chi connectivity index (χ0) is 13.1. The van der Waals surface area contributed by atoms with E-state index in [9.17, 15) is 4.79 Å². The normalized spacial score (nSPS) is 10.8. The molecule has 0 spiro atoms. The van der Waals surface area contributed by atoms with Gasteiger partial charge in [0.25, 0.3) is 0 Å². The van der Waals surface area contributed by atoms with E-state index in [0.29, 0.717) is 24.6 Å². The summed E-state index contributed by atoms with van der Waals surface area (Å²) in [5.74, 6) is -0.465. The van der Waals surface area contributed by atoms with Crippen molar-refractivity contribution in [2.75, 3.05) is 0 Å². The molecule has 0 aliphatic carbocycles. The van der Waals surface area contributed by atoms with Gasteiger partial charge < -0.3 is 10.8 Å². The van der Waals surface area contributed by atoms with Crippen molar-refractivity contribution >= 4 is 5.97 Å². The van der Waals surface area contributed by atoms with Crippen molar-refractivity contribution in [3.05, 3.63) is 23.5 Å². The molecule has 2 aromatic rings. The highest BCUT2D eigenvalue weighted by Gasteiger charge is 2.18. The minimum atomic E-state index is -1.14. The molecular weight excluding hydrogens is 238 g/mol. The van der Waals surface area contributed by atoms with Gasteiger partial charge in [0.15, 0.2) is 5.69 Å². The molecule has 0 amide bonds. The molecular formula is C9H13N7O2. The first-order valence-electron chi connectivity index (χ1n) is 5.39. The fraction of sp³-hybridized carbons (Fsp3) is 0.444. The predicted molar refractivity (Wildman–Crippen MR) is 59.7 cm³/mol. The lowest BCUT2D eigenvalue weighted by atomic mass is 10.3. The van der Waals surface area contributed by atoms with Crippen molar-refractivity contribution in [3.63, 3.8) is 0 Å². The Balaban J connectivity index is 2.32. The third kappa shape index (κ3) is 2.07. The van der Waals surface area contributed by atoms with Crippen LogP contribution < -0.4 is 5.73 Å². The van der Waals surface area contributed by atoms with Crippen LogP contribution in [-0.4, -0.2) is 40.8 Å². The van der Waals surface area contributed by atoms with E-state index in [2.05, 4.69) is 20.4 Å². The average Bonchev–Trinajstić information content (AvgIpc) is 2.95. The number of nitrogens with two attached hydrogens (primary N) is 1. The van der Waals surface area contributed by atoms with Crippen LogP contribution in [0, 0.1) is 0 Å². The number of carbonyl (C=O) groups is 1. The van der Waals surface area contributed by atoms with E-state index in [-0.39, 0.29) is 12.2 Å². The Kier molecular flexibility index (Phi) is 3.33. The molecule has 9 heteroatoms. The molecule has 9 nitrogen and oxygen atoms in total. The molecule has 0 aromatic carbocycles. The van der Waals surface area contributed by atoms with Gasteiger partial charge in [0, 0.05) is 13.1 Å². The van der Waals surface area contributed by atoms with Crippen LogP contribution in [0.15, 0.2) is 6.33 Å². The summed E-state index contributed by atoms with van der Waals surface area (Å²) < 4.78 is 3.13. The van der Waals surface area contributed by atoms with Gasteiger partial charge in [-0.2, -0.15) is 5.10 Å². The van der Waals surface area contributed by atoms with Crippen LogP contribution in [0.25, 0.3) is 0 Å². The lowest BCUT2D eigenvalue weighted by Crippen LogP contribution is -2.16. The lowest BCUT2D eigenvalue weighted by Gasteiger charge is -2.05. The van der Waals surface area contributed by atoms with Crippen LogP contribution in [-0.2, 0) is 19.6 Å². The molecule has 96 valence electrons. The van der Waals surface area contributed by atoms with Gasteiger partial charge in [-0.05, 0) is 6.92 Å². The largest absolute Gasteiger partial charge is 0.476 e. The lowest BCUT2D eigenvalue weighted by molar-refractivity contribution is 0.0689. The summed E-state index contributed by atoms with van der Waals surface area (Å²) in [6.45, 7) is 2.95. The highest BCUT2D eigenvalue weighted by atomic mass is 16.4. The van der Waals surface area contributed by atoms with Gasteiger partial charge in [0.05, 0.1) is 5.69 Å². The Morgan fingerprint density at radius 3 is 2.89 bits per heavy atom. The summed E-state index contributed by atoms with van der Waals surface area (Å²) >= 11 is 0. The van der Waals surface area contributed by atoms with Crippen molar-refractivity contribution in [1.29, 1.82) is 0 Å². The summed E-state index contributed by atoms with van der Waals surface area (Å²) in [7, 11) is 0. The van der Waals surface area contributed by atoms with E-state index in [1.807, 2.05) is 6.92 Å². The fourth-order valence-corrected chi connectivity index (χ4v) is 1.64. The number of aryl methyl sites for hydroxylation is 1. The Morgan fingerprint density at radius 1 is 1.50 bits per heavy atom. The van der Waals surface area contributed by atoms with Crippen LogP contribution in [0.2, 0.25) is 0 Å². The first-order chi connectivity index (χ1) is 8.67. The SMILES string of the molecule is CCn1ncnc1Cn1nnc(C(=O)O)c1CN. The van der Waals surface area contributed by atoms with Crippen LogP contribution in [0.5, 0.6) is 0 Å². The van der Waals surface area contributed by atoms with E-state index in [4.69, 9.17) is 10.8 Å². The van der Waals surface area contributed by atoms with Gasteiger partial charge in [-0.3, -0.25) is 0 Å². The van der Waals surface area contributed by atoms with Crippen LogP contribution in [0.3, 0.4) is 0 Å². The molecule has 0 saturated heterocycles. The van der Waals surface area contributed by atoms with Crippen LogP contribution in [0.1, 0.15) is 28.9 Å². The summed E-state index contributed by atoms with van der Waals surface area (Å²) in [6.07, 6.45) is 1.44. The average molecular weight is 251 g/mol. The van der Waals surface area contributed by atoms with Crippen molar-refractivity contribution in [2.45, 2.75) is 26.6 Å². The molecule has 0 saturated carbocycles. The Morgan fingerprint density at radius 2 is 2.28 bits per heavy atom. The standard InChI is InChI=1S/C9H13N7O2/c1-2-15-7(11-5-12-15)4-16-6(3-10)8(9(17)18)13-14-16/h5H,2-4,10H2,1H3,(H,17,18). The van der Waals surface area contributed by atoms with Gasteiger partial charge in [-0.1, -0.05) is 5.21 Å². The molecule has 0 radical (unpaired) electrons. The van der Waals surface area contributed by atoms with Gasteiger partial charge in [-0.25, -0.2) is 19.1 Å². The predicted octanol–water partition coefficient (Wildman–Crippen LogP) is -0.905. The highest BCUT2D eigenvalue weighted by Crippen LogP contribution is 2.07. The number of hydrogen-bond acceptors (Lipinski definition) is 6. The summed E-state index contributed by atoms with van der Waals surface area (Å²) in [5.41, 5.74) is 5.77. The van der Waals surface area contributed by atoms with E-state index >= 15 is 0 Å². The molecule has 3 N–H and O–H groups in total. The summed E-state index contributed by atoms with van der Waals surface area (Å²) in [6, 6.07) is 0. The maximum atomic E-state index is 10.9. The first-order valence-corrected chi connectivity index (χ1v) is 5.39. The summed E-state index contributed by atoms with van der Waals surface area (Å²) in [5, 5.41) is 20.3. The molecule has 0 atom stereocenters. The maximum Gasteiger partial charge on any atom is 0.358 e. The van der Waals surface area contributed by atoms with Crippen LogP contribution >= 0.6 is 0 Å². The van der Waals surface area contributed by atoms with Crippen LogP contribution in [0.4, 0.5) is 0 Å². The third-order valence-electron chi connectivity index (χ3n) is 2.52. The number of carboxylic acid groups (broad SMARTS) is 1. The van der Waals surface area contributed by atoms with Crippen molar-refractivity contribution < 1.29 is 9.90 Å². The van der Waals surface area contributed by atoms with Crippen molar-refractivity contribution in [1.82, 2.24) is 29.8 Å². The topological polar surface area (TPSA) is 125 Å². The minimum Gasteiger partial charge on any atom is -0.476 e. The quantitative estimate of drug-likeness (QED) is 0.705. The Hall–Kier alpha value is -2.29. The molecule has 0 unspecified atom stereocenters. The van der Waals surface area contributed by atoms with E-state index in [0.717, 1.165) is 0 Å². The molecule has 2 heterocycles. The third-order valence-corrected chi connectivity index (χ3v) is 2.52. The monoisotopic (exact) mass is 251 g/mol. The van der Waals surface area contributed by atoms with Gasteiger partial charge in [-0.15, -0.1) is 5.10 Å². The van der Waals surface area contributed by atoms with Gasteiger partial charge in [0.2, 0.25) is 0 Å². The highest BCUT2D eigenvalue weighted by molar-refractivity contribution is 5.86. The molecule has 0 bridgehead atoms. The molecule has 18 heavy (non-hydrogen) atoms. The summed E-state index contributed by atoms with van der Waals surface area (Å²) in [4.78, 5) is 15.0. The first kappa shape index (κ1) is 12.2. The second-order valence-electron chi connectivity index (χ2n) is 3.54. The second-order valence-corrected chi connectivity index (χ2v) is 3.54. The number of aromatic carboxylic acids is 1. The molecule has 0 aliphatic rings. The van der Waals surface area contributed by atoms with E-state index in [1.54, 1.807) is 4.68 Å². The zero-order valence-electron chi connectivity index (χ0n) is 9.81. The smallest absolute Gasteiger partial charge is 0.358 e. The number of carboxylic acids is 1. The van der Waals surface area contributed by atoms with E-state index in [1.165, 1.54) is 11.0 Å². The number of rotatable bonds is 5. The Bertz CT molecular complexity index is 559. The Labute approximate surface area is 102 Å². The zero-order valence-corrected chi connectivity index (χ0v) is 9.81.